The first-order valence-corrected chi connectivity index (χ1v) is 9.59. The third-order valence-corrected chi connectivity index (χ3v) is 4.21. The van der Waals surface area contributed by atoms with E-state index in [1.165, 1.54) is 0 Å². The van der Waals surface area contributed by atoms with Gasteiger partial charge in [0, 0.05) is 24.6 Å². The summed E-state index contributed by atoms with van der Waals surface area (Å²) in [5.41, 5.74) is 0.378. The van der Waals surface area contributed by atoms with E-state index in [0.717, 1.165) is 6.42 Å². The molecule has 0 fully saturated rings. The van der Waals surface area contributed by atoms with E-state index < -0.39 is 6.09 Å². The minimum absolute atomic E-state index is 0.233. The summed E-state index contributed by atoms with van der Waals surface area (Å²) in [4.78, 5) is 24.3. The lowest BCUT2D eigenvalue weighted by Gasteiger charge is -2.21. The maximum absolute atomic E-state index is 12.6. The molecule has 0 aliphatic carbocycles. The zero-order valence-electron chi connectivity index (χ0n) is 16.0. The molecule has 2 amide bonds. The molecule has 0 spiro atoms. The fourth-order valence-electron chi connectivity index (χ4n) is 2.78. The van der Waals surface area contributed by atoms with Gasteiger partial charge in [0.05, 0.1) is 24.8 Å². The molecule has 0 aromatic heterocycles. The smallest absolute Gasteiger partial charge is 0.407 e. The Morgan fingerprint density at radius 1 is 1.26 bits per heavy atom. The van der Waals surface area contributed by atoms with Gasteiger partial charge in [-0.05, 0) is 31.4 Å². The predicted octanol–water partition coefficient (Wildman–Crippen LogP) is 3.39. The monoisotopic (exact) mass is 398 g/mol. The highest BCUT2D eigenvalue weighted by Crippen LogP contribution is 2.37. The molecule has 0 bridgehead atoms. The van der Waals surface area contributed by atoms with Gasteiger partial charge in [0.1, 0.15) is 0 Å². The van der Waals surface area contributed by atoms with Crippen molar-refractivity contribution in [3.05, 3.63) is 22.7 Å². The molecule has 2 rings (SSSR count). The number of carbonyl (C=O) groups excluding carboxylic acids is 2. The van der Waals surface area contributed by atoms with Crippen LogP contribution in [0.3, 0.4) is 0 Å². The van der Waals surface area contributed by atoms with Crippen LogP contribution in [0.4, 0.5) is 4.79 Å². The standard InChI is InChI=1S/C19H27ClN2O5/c1-4-25-19(24)22-14(8-12(2)3)11-21-18(23)13-9-15(20)17-16(10-13)26-6-5-7-27-17/h9-10,12,14H,4-8,11H2,1-3H3,(H,21,23)(H,22,24). The summed E-state index contributed by atoms with van der Waals surface area (Å²) in [6.45, 7) is 7.44. The van der Waals surface area contributed by atoms with E-state index in [2.05, 4.69) is 10.6 Å². The summed E-state index contributed by atoms with van der Waals surface area (Å²) >= 11 is 6.24. The van der Waals surface area contributed by atoms with Gasteiger partial charge in [-0.25, -0.2) is 4.79 Å². The van der Waals surface area contributed by atoms with Crippen molar-refractivity contribution in [2.24, 2.45) is 5.92 Å². The number of alkyl carbamates (subject to hydrolysis) is 1. The Kier molecular flexibility index (Phi) is 8.03. The van der Waals surface area contributed by atoms with Crippen LogP contribution in [-0.4, -0.2) is 44.4 Å². The molecule has 1 aromatic carbocycles. The Hall–Kier alpha value is -2.15. The van der Waals surface area contributed by atoms with E-state index in [9.17, 15) is 9.59 Å². The largest absolute Gasteiger partial charge is 0.489 e. The average molecular weight is 399 g/mol. The van der Waals surface area contributed by atoms with Crippen molar-refractivity contribution in [1.29, 1.82) is 0 Å². The molecular weight excluding hydrogens is 372 g/mol. The van der Waals surface area contributed by atoms with Crippen LogP contribution in [0.15, 0.2) is 12.1 Å². The van der Waals surface area contributed by atoms with Gasteiger partial charge in [0.2, 0.25) is 0 Å². The molecule has 150 valence electrons. The summed E-state index contributed by atoms with van der Waals surface area (Å²) in [5.74, 6) is 0.981. The number of benzene rings is 1. The van der Waals surface area contributed by atoms with Crippen LogP contribution in [0.1, 0.15) is 44.0 Å². The van der Waals surface area contributed by atoms with E-state index in [1.807, 2.05) is 13.8 Å². The Bertz CT molecular complexity index is 666. The van der Waals surface area contributed by atoms with E-state index in [4.69, 9.17) is 25.8 Å². The molecule has 0 radical (unpaired) electrons. The van der Waals surface area contributed by atoms with Gasteiger partial charge in [-0.3, -0.25) is 4.79 Å². The number of nitrogens with one attached hydrogen (secondary N) is 2. The summed E-state index contributed by atoms with van der Waals surface area (Å²) in [5, 5.41) is 5.95. The van der Waals surface area contributed by atoms with Gasteiger partial charge >= 0.3 is 6.09 Å². The lowest BCUT2D eigenvalue weighted by atomic mass is 10.0. The second-order valence-electron chi connectivity index (χ2n) is 6.74. The van der Waals surface area contributed by atoms with E-state index >= 15 is 0 Å². The second kappa shape index (κ2) is 10.3. The Morgan fingerprint density at radius 3 is 2.70 bits per heavy atom. The third kappa shape index (κ3) is 6.50. The van der Waals surface area contributed by atoms with Crippen molar-refractivity contribution in [3.8, 4) is 11.5 Å². The maximum atomic E-state index is 12.6. The summed E-state index contributed by atoms with van der Waals surface area (Å²) in [6, 6.07) is 2.95. The zero-order valence-corrected chi connectivity index (χ0v) is 16.7. The van der Waals surface area contributed by atoms with Crippen LogP contribution in [-0.2, 0) is 4.74 Å². The fraction of sp³-hybridized carbons (Fsp3) is 0.579. The molecule has 1 aliphatic heterocycles. The van der Waals surface area contributed by atoms with Crippen molar-refractivity contribution in [2.45, 2.75) is 39.7 Å². The van der Waals surface area contributed by atoms with Crippen LogP contribution in [0.2, 0.25) is 5.02 Å². The summed E-state index contributed by atoms with van der Waals surface area (Å²) in [6.07, 6.45) is 0.972. The number of fused-ring (bicyclic) bond motifs is 1. The van der Waals surface area contributed by atoms with Crippen LogP contribution in [0.5, 0.6) is 11.5 Å². The number of amides is 2. The summed E-state index contributed by atoms with van der Waals surface area (Å²) in [7, 11) is 0. The molecule has 8 heteroatoms. The van der Waals surface area contributed by atoms with Gasteiger partial charge in [0.15, 0.2) is 11.5 Å². The third-order valence-electron chi connectivity index (χ3n) is 3.93. The number of rotatable bonds is 7. The quantitative estimate of drug-likeness (QED) is 0.735. The Morgan fingerprint density at radius 2 is 2.00 bits per heavy atom. The maximum Gasteiger partial charge on any atom is 0.407 e. The molecule has 0 saturated carbocycles. The molecule has 7 nitrogen and oxygen atoms in total. The average Bonchev–Trinajstić information content (AvgIpc) is 2.85. The highest BCUT2D eigenvalue weighted by molar-refractivity contribution is 6.32. The Balaban J connectivity index is 2.03. The zero-order chi connectivity index (χ0) is 19.8. The van der Waals surface area contributed by atoms with Gasteiger partial charge in [-0.15, -0.1) is 0 Å². The predicted molar refractivity (Wildman–Crippen MR) is 103 cm³/mol. The van der Waals surface area contributed by atoms with E-state index in [0.29, 0.717) is 54.2 Å². The molecule has 2 N–H and O–H groups in total. The molecule has 0 saturated heterocycles. The SMILES string of the molecule is CCOC(=O)NC(CNC(=O)c1cc(Cl)c2c(c1)OCCCO2)CC(C)C. The highest BCUT2D eigenvalue weighted by Gasteiger charge is 2.20. The fourth-order valence-corrected chi connectivity index (χ4v) is 3.05. The lowest BCUT2D eigenvalue weighted by molar-refractivity contribution is 0.0944. The lowest BCUT2D eigenvalue weighted by Crippen LogP contribution is -2.44. The minimum Gasteiger partial charge on any atom is -0.489 e. The van der Waals surface area contributed by atoms with Gasteiger partial charge in [-0.1, -0.05) is 25.4 Å². The second-order valence-corrected chi connectivity index (χ2v) is 7.14. The topological polar surface area (TPSA) is 85.9 Å². The molecule has 1 unspecified atom stereocenters. The van der Waals surface area contributed by atoms with Gasteiger partial charge < -0.3 is 24.8 Å². The number of hydrogen-bond acceptors (Lipinski definition) is 5. The number of hydrogen-bond donors (Lipinski definition) is 2. The molecule has 1 aliphatic rings. The molecule has 1 heterocycles. The Labute approximate surface area is 164 Å². The van der Waals surface area contributed by atoms with Gasteiger partial charge in [-0.2, -0.15) is 0 Å². The van der Waals surface area contributed by atoms with Crippen molar-refractivity contribution < 1.29 is 23.8 Å². The molecule has 27 heavy (non-hydrogen) atoms. The van der Waals surface area contributed by atoms with E-state index in [-0.39, 0.29) is 18.5 Å². The number of halogens is 1. The van der Waals surface area contributed by atoms with Crippen molar-refractivity contribution in [3.63, 3.8) is 0 Å². The van der Waals surface area contributed by atoms with Crippen molar-refractivity contribution in [2.75, 3.05) is 26.4 Å². The van der Waals surface area contributed by atoms with Crippen molar-refractivity contribution >= 4 is 23.6 Å². The van der Waals surface area contributed by atoms with Gasteiger partial charge in [0.25, 0.3) is 5.91 Å². The first-order valence-electron chi connectivity index (χ1n) is 9.21. The van der Waals surface area contributed by atoms with Crippen LogP contribution in [0, 0.1) is 5.92 Å². The van der Waals surface area contributed by atoms with Crippen LogP contribution < -0.4 is 20.1 Å². The van der Waals surface area contributed by atoms with E-state index in [1.54, 1.807) is 19.1 Å². The number of ether oxygens (including phenoxy) is 3. The highest BCUT2D eigenvalue weighted by atomic mass is 35.5. The first-order chi connectivity index (χ1) is 12.9. The first kappa shape index (κ1) is 21.2. The summed E-state index contributed by atoms with van der Waals surface area (Å²) < 4.78 is 16.1. The molecular formula is C19H27ClN2O5. The van der Waals surface area contributed by atoms with Crippen LogP contribution >= 0.6 is 11.6 Å². The van der Waals surface area contributed by atoms with Crippen LogP contribution in [0.25, 0.3) is 0 Å². The molecule has 1 aromatic rings. The van der Waals surface area contributed by atoms with Crippen molar-refractivity contribution in [1.82, 2.24) is 10.6 Å². The molecule has 1 atom stereocenters. The number of carbonyl (C=O) groups is 2. The minimum atomic E-state index is -0.490. The normalized spacial score (nSPS) is 14.3.